The number of carbonyl (C=O) groups is 2. The van der Waals surface area contributed by atoms with Crippen molar-refractivity contribution >= 4 is 11.8 Å². The third-order valence-electron chi connectivity index (χ3n) is 3.04. The lowest BCUT2D eigenvalue weighted by molar-refractivity contribution is -0.131. The van der Waals surface area contributed by atoms with Crippen molar-refractivity contribution in [3.63, 3.8) is 0 Å². The molecule has 0 atom stereocenters. The van der Waals surface area contributed by atoms with E-state index in [0.717, 1.165) is 0 Å². The summed E-state index contributed by atoms with van der Waals surface area (Å²) in [5, 5.41) is 0. The normalized spacial score (nSPS) is 9.95. The average Bonchev–Trinajstić information content (AvgIpc) is 2.53. The maximum Gasteiger partial charge on any atom is 0.308 e. The largest absolute Gasteiger partial charge is 0.497 e. The van der Waals surface area contributed by atoms with Gasteiger partial charge in [-0.3, -0.25) is 9.59 Å². The predicted octanol–water partition coefficient (Wildman–Crippen LogP) is 2.86. The summed E-state index contributed by atoms with van der Waals surface area (Å²) in [5.41, 5.74) is 0.616. The fourth-order valence-electron chi connectivity index (χ4n) is 2.03. The van der Waals surface area contributed by atoms with Gasteiger partial charge in [0.15, 0.2) is 0 Å². The zero-order chi connectivity index (χ0) is 16.1. The van der Waals surface area contributed by atoms with E-state index in [1.807, 2.05) is 0 Å². The molecule has 0 saturated carbocycles. The number of hydrogen-bond acceptors (Lipinski definition) is 5. The minimum Gasteiger partial charge on any atom is -0.497 e. The van der Waals surface area contributed by atoms with Crippen LogP contribution < -0.4 is 14.2 Å². The van der Waals surface area contributed by atoms with Crippen LogP contribution in [0.3, 0.4) is 0 Å². The molecule has 0 fully saturated rings. The number of esters is 1. The molecule has 0 aliphatic carbocycles. The molecule has 22 heavy (non-hydrogen) atoms. The fourth-order valence-corrected chi connectivity index (χ4v) is 2.03. The second kappa shape index (κ2) is 6.76. The molecule has 2 rings (SSSR count). The highest BCUT2D eigenvalue weighted by Gasteiger charge is 2.20. The summed E-state index contributed by atoms with van der Waals surface area (Å²) >= 11 is 0. The first-order valence-corrected chi connectivity index (χ1v) is 6.61. The Morgan fingerprint density at radius 2 is 1.59 bits per heavy atom. The van der Waals surface area contributed by atoms with Crippen LogP contribution in [0, 0.1) is 0 Å². The van der Waals surface area contributed by atoms with Gasteiger partial charge in [-0.05, 0) is 30.3 Å². The van der Waals surface area contributed by atoms with E-state index in [2.05, 4.69) is 0 Å². The summed E-state index contributed by atoms with van der Waals surface area (Å²) in [6, 6.07) is 11.5. The van der Waals surface area contributed by atoms with Gasteiger partial charge in [0.25, 0.3) is 0 Å². The second-order valence-electron chi connectivity index (χ2n) is 4.49. The monoisotopic (exact) mass is 300 g/mol. The van der Waals surface area contributed by atoms with E-state index in [4.69, 9.17) is 14.2 Å². The van der Waals surface area contributed by atoms with Crippen LogP contribution in [0.2, 0.25) is 0 Å². The van der Waals surface area contributed by atoms with Gasteiger partial charge in [-0.2, -0.15) is 0 Å². The zero-order valence-corrected chi connectivity index (χ0v) is 12.6. The van der Waals surface area contributed by atoms with Crippen molar-refractivity contribution in [3.05, 3.63) is 53.6 Å². The van der Waals surface area contributed by atoms with E-state index in [1.54, 1.807) is 42.5 Å². The van der Waals surface area contributed by atoms with Crippen molar-refractivity contribution in [3.8, 4) is 17.2 Å². The molecular weight excluding hydrogens is 284 g/mol. The Bertz CT molecular complexity index is 706. The lowest BCUT2D eigenvalue weighted by atomic mass is 10.0. The van der Waals surface area contributed by atoms with Crippen molar-refractivity contribution in [1.29, 1.82) is 0 Å². The lowest BCUT2D eigenvalue weighted by Crippen LogP contribution is -2.09. The van der Waals surface area contributed by atoms with Gasteiger partial charge in [0, 0.05) is 6.92 Å². The van der Waals surface area contributed by atoms with Gasteiger partial charge >= 0.3 is 5.97 Å². The Labute approximate surface area is 128 Å². The Balaban J connectivity index is 2.50. The summed E-state index contributed by atoms with van der Waals surface area (Å²) in [6.45, 7) is 1.29. The number of ether oxygens (including phenoxy) is 3. The molecule has 0 bridgehead atoms. The van der Waals surface area contributed by atoms with Gasteiger partial charge in [-0.25, -0.2) is 0 Å². The van der Waals surface area contributed by atoms with E-state index in [0.29, 0.717) is 17.1 Å². The standard InChI is InChI=1S/C17H16O5/c1-11(18)22-16-7-5-4-6-13(16)17(19)14-10-12(20-2)8-9-15(14)21-3/h4-10H,1-3H3. The molecule has 5 nitrogen and oxygen atoms in total. The SMILES string of the molecule is COc1ccc(OC)c(C(=O)c2ccccc2OC(C)=O)c1. The number of para-hydroxylation sites is 1. The molecule has 0 aliphatic rings. The molecule has 114 valence electrons. The van der Waals surface area contributed by atoms with Crippen LogP contribution in [-0.2, 0) is 4.79 Å². The van der Waals surface area contributed by atoms with Crippen molar-refractivity contribution in [2.45, 2.75) is 6.92 Å². The van der Waals surface area contributed by atoms with E-state index < -0.39 is 5.97 Å². The Morgan fingerprint density at radius 1 is 0.864 bits per heavy atom. The number of benzene rings is 2. The third kappa shape index (κ3) is 3.25. The van der Waals surface area contributed by atoms with Crippen LogP contribution in [-0.4, -0.2) is 26.0 Å². The van der Waals surface area contributed by atoms with Crippen LogP contribution in [0.15, 0.2) is 42.5 Å². The Hall–Kier alpha value is -2.82. The van der Waals surface area contributed by atoms with E-state index >= 15 is 0 Å². The molecule has 2 aromatic rings. The fraction of sp³-hybridized carbons (Fsp3) is 0.176. The molecular formula is C17H16O5. The maximum absolute atomic E-state index is 12.8. The van der Waals surface area contributed by atoms with Crippen LogP contribution in [0.4, 0.5) is 0 Å². The average molecular weight is 300 g/mol. The molecule has 5 heteroatoms. The summed E-state index contributed by atoms with van der Waals surface area (Å²) < 4.78 is 15.5. The van der Waals surface area contributed by atoms with Gasteiger partial charge in [0.2, 0.25) is 5.78 Å². The van der Waals surface area contributed by atoms with Crippen molar-refractivity contribution in [1.82, 2.24) is 0 Å². The number of hydrogen-bond donors (Lipinski definition) is 0. The summed E-state index contributed by atoms with van der Waals surface area (Å²) in [7, 11) is 3.00. The second-order valence-corrected chi connectivity index (χ2v) is 4.49. The number of carbonyl (C=O) groups excluding carboxylic acids is 2. The van der Waals surface area contributed by atoms with Gasteiger partial charge in [-0.1, -0.05) is 12.1 Å². The summed E-state index contributed by atoms with van der Waals surface area (Å²) in [6.07, 6.45) is 0. The molecule has 0 N–H and O–H groups in total. The van der Waals surface area contributed by atoms with E-state index in [9.17, 15) is 9.59 Å². The summed E-state index contributed by atoms with van der Waals surface area (Å²) in [5.74, 6) is 0.368. The van der Waals surface area contributed by atoms with Gasteiger partial charge < -0.3 is 14.2 Å². The highest BCUT2D eigenvalue weighted by molar-refractivity contribution is 6.12. The predicted molar refractivity (Wildman–Crippen MR) is 80.7 cm³/mol. The molecule has 0 aliphatic heterocycles. The topological polar surface area (TPSA) is 61.8 Å². The van der Waals surface area contributed by atoms with Gasteiger partial charge in [-0.15, -0.1) is 0 Å². The number of rotatable bonds is 5. The van der Waals surface area contributed by atoms with E-state index in [1.165, 1.54) is 21.1 Å². The molecule has 0 amide bonds. The van der Waals surface area contributed by atoms with Crippen molar-refractivity contribution in [2.24, 2.45) is 0 Å². The molecule has 0 spiro atoms. The van der Waals surface area contributed by atoms with Crippen LogP contribution >= 0.6 is 0 Å². The van der Waals surface area contributed by atoms with Crippen molar-refractivity contribution in [2.75, 3.05) is 14.2 Å². The quantitative estimate of drug-likeness (QED) is 0.483. The summed E-state index contributed by atoms with van der Waals surface area (Å²) in [4.78, 5) is 23.9. The smallest absolute Gasteiger partial charge is 0.308 e. The lowest BCUT2D eigenvalue weighted by Gasteiger charge is -2.12. The molecule has 0 radical (unpaired) electrons. The first-order valence-electron chi connectivity index (χ1n) is 6.61. The first-order chi connectivity index (χ1) is 10.6. The van der Waals surface area contributed by atoms with Crippen molar-refractivity contribution < 1.29 is 23.8 Å². The third-order valence-corrected chi connectivity index (χ3v) is 3.04. The Morgan fingerprint density at radius 3 is 2.23 bits per heavy atom. The number of ketones is 1. The van der Waals surface area contributed by atoms with Gasteiger partial charge in [0.1, 0.15) is 17.2 Å². The first kappa shape index (κ1) is 15.6. The maximum atomic E-state index is 12.8. The molecule has 0 heterocycles. The van der Waals surface area contributed by atoms with E-state index in [-0.39, 0.29) is 17.1 Å². The van der Waals surface area contributed by atoms with Crippen LogP contribution in [0.1, 0.15) is 22.8 Å². The minimum atomic E-state index is -0.488. The highest BCUT2D eigenvalue weighted by Crippen LogP contribution is 2.29. The van der Waals surface area contributed by atoms with Gasteiger partial charge in [0.05, 0.1) is 25.3 Å². The molecule has 2 aromatic carbocycles. The van der Waals surface area contributed by atoms with Crippen LogP contribution in [0.25, 0.3) is 0 Å². The molecule has 0 aromatic heterocycles. The number of methoxy groups -OCH3 is 2. The molecule has 0 unspecified atom stereocenters. The zero-order valence-electron chi connectivity index (χ0n) is 12.6. The van der Waals surface area contributed by atoms with Crippen LogP contribution in [0.5, 0.6) is 17.2 Å². The molecule has 0 saturated heterocycles. The highest BCUT2D eigenvalue weighted by atomic mass is 16.5. The minimum absolute atomic E-state index is 0.213. The Kier molecular flexibility index (Phi) is 4.78.